The molecule has 0 saturated carbocycles. The first-order valence-corrected chi connectivity index (χ1v) is 7.97. The zero-order valence-electron chi connectivity index (χ0n) is 13.4. The van der Waals surface area contributed by atoms with E-state index in [2.05, 4.69) is 11.0 Å². The summed E-state index contributed by atoms with van der Waals surface area (Å²) in [6.07, 6.45) is 3.99. The minimum atomic E-state index is -0.438. The molecule has 0 aliphatic carbocycles. The van der Waals surface area contributed by atoms with Gasteiger partial charge in [-0.1, -0.05) is 0 Å². The smallest absolute Gasteiger partial charge is 0.269 e. The third-order valence-electron chi connectivity index (χ3n) is 4.01. The van der Waals surface area contributed by atoms with Crippen LogP contribution in [0, 0.1) is 21.4 Å². The number of likely N-dealkylation sites (tertiary alicyclic amines) is 1. The topological polar surface area (TPSA) is 99.6 Å². The largest absolute Gasteiger partial charge is 0.396 e. The van der Waals surface area contributed by atoms with Crippen molar-refractivity contribution in [1.82, 2.24) is 4.90 Å². The second kappa shape index (κ2) is 9.01. The normalized spacial score (nSPS) is 16.0. The summed E-state index contributed by atoms with van der Waals surface area (Å²) in [6.45, 7) is 2.21. The van der Waals surface area contributed by atoms with Crippen LogP contribution in [0.15, 0.2) is 30.3 Å². The van der Waals surface area contributed by atoms with Gasteiger partial charge in [-0.05, 0) is 37.0 Å². The summed E-state index contributed by atoms with van der Waals surface area (Å²) < 4.78 is 5.71. The van der Waals surface area contributed by atoms with Gasteiger partial charge in [-0.15, -0.1) is 0 Å². The number of non-ortho nitro benzene ring substituents is 1. The molecule has 0 amide bonds. The average molecular weight is 331 g/mol. The van der Waals surface area contributed by atoms with Crippen molar-refractivity contribution in [3.05, 3.63) is 46.0 Å². The van der Waals surface area contributed by atoms with Crippen molar-refractivity contribution in [3.8, 4) is 6.07 Å². The number of aliphatic hydroxyl groups is 1. The van der Waals surface area contributed by atoms with Crippen molar-refractivity contribution in [2.45, 2.75) is 25.4 Å². The predicted octanol–water partition coefficient (Wildman–Crippen LogP) is 2.32. The fraction of sp³-hybridized carbons (Fsp3) is 0.471. The molecular formula is C17H21N3O4. The first-order valence-electron chi connectivity index (χ1n) is 7.97. The van der Waals surface area contributed by atoms with Crippen LogP contribution in [0.3, 0.4) is 0 Å². The van der Waals surface area contributed by atoms with Gasteiger partial charge in [0.2, 0.25) is 0 Å². The number of hydrogen-bond donors (Lipinski definition) is 1. The Kier molecular flexibility index (Phi) is 6.73. The Hall–Kier alpha value is -2.43. The molecule has 0 bridgehead atoms. The van der Waals surface area contributed by atoms with E-state index < -0.39 is 4.92 Å². The van der Waals surface area contributed by atoms with Crippen LogP contribution < -0.4 is 0 Å². The standard InChI is InChI=1S/C17H21N3O4/c18-9-6-17(14-2-4-15(5-3-14)20(22)23)19-10-7-16(8-11-19)24-13-1-12-21/h2-6,16,21H,1,7-8,10-13H2/b17-6+. The molecule has 1 heterocycles. The van der Waals surface area contributed by atoms with Gasteiger partial charge >= 0.3 is 0 Å². The molecule has 0 aromatic heterocycles. The molecule has 7 nitrogen and oxygen atoms in total. The monoisotopic (exact) mass is 331 g/mol. The first kappa shape index (κ1) is 17.9. The molecule has 0 radical (unpaired) electrons. The Morgan fingerprint density at radius 2 is 2.08 bits per heavy atom. The summed E-state index contributed by atoms with van der Waals surface area (Å²) in [5.74, 6) is 0. The molecule has 7 heteroatoms. The van der Waals surface area contributed by atoms with E-state index in [0.717, 1.165) is 37.2 Å². The van der Waals surface area contributed by atoms with E-state index in [1.165, 1.54) is 18.2 Å². The first-order chi connectivity index (χ1) is 11.7. The van der Waals surface area contributed by atoms with Crippen LogP contribution in [0.25, 0.3) is 5.70 Å². The Balaban J connectivity index is 2.01. The van der Waals surface area contributed by atoms with Crippen LogP contribution in [0.4, 0.5) is 5.69 Å². The van der Waals surface area contributed by atoms with Crippen LogP contribution in [0.2, 0.25) is 0 Å². The van der Waals surface area contributed by atoms with Crippen molar-refractivity contribution in [1.29, 1.82) is 5.26 Å². The van der Waals surface area contributed by atoms with Crippen LogP contribution in [-0.4, -0.2) is 47.3 Å². The number of rotatable bonds is 7. The van der Waals surface area contributed by atoms with Crippen molar-refractivity contribution in [2.75, 3.05) is 26.3 Å². The molecule has 0 atom stereocenters. The van der Waals surface area contributed by atoms with Gasteiger partial charge in [0.05, 0.1) is 22.8 Å². The number of aliphatic hydroxyl groups excluding tert-OH is 1. The minimum absolute atomic E-state index is 0.0334. The van der Waals surface area contributed by atoms with E-state index in [-0.39, 0.29) is 18.4 Å². The summed E-state index contributed by atoms with van der Waals surface area (Å²) in [5, 5.41) is 28.6. The molecule has 128 valence electrons. The van der Waals surface area contributed by atoms with Crippen molar-refractivity contribution >= 4 is 11.4 Å². The molecule has 1 aromatic carbocycles. The molecule has 2 rings (SSSR count). The lowest BCUT2D eigenvalue weighted by atomic mass is 10.0. The van der Waals surface area contributed by atoms with E-state index in [1.807, 2.05) is 0 Å². The third kappa shape index (κ3) is 4.78. The van der Waals surface area contributed by atoms with Gasteiger partial charge < -0.3 is 14.7 Å². The number of nitriles is 1. The number of piperidine rings is 1. The summed E-state index contributed by atoms with van der Waals surface area (Å²) in [5.41, 5.74) is 1.61. The Morgan fingerprint density at radius 1 is 1.42 bits per heavy atom. The summed E-state index contributed by atoms with van der Waals surface area (Å²) >= 11 is 0. The van der Waals surface area contributed by atoms with Crippen LogP contribution >= 0.6 is 0 Å². The molecule has 1 aliphatic rings. The molecule has 24 heavy (non-hydrogen) atoms. The van der Waals surface area contributed by atoms with E-state index in [1.54, 1.807) is 12.1 Å². The molecule has 1 saturated heterocycles. The molecule has 1 aliphatic heterocycles. The van der Waals surface area contributed by atoms with Crippen molar-refractivity contribution < 1.29 is 14.8 Å². The van der Waals surface area contributed by atoms with Gasteiger partial charge in [0.1, 0.15) is 0 Å². The average Bonchev–Trinajstić information content (AvgIpc) is 2.61. The molecule has 1 aromatic rings. The SMILES string of the molecule is N#C/C=C(\c1ccc([N+](=O)[O-])cc1)N1CCC(OCCCO)CC1. The van der Waals surface area contributed by atoms with Gasteiger partial charge in [0, 0.05) is 44.5 Å². The number of nitro groups is 1. The highest BCUT2D eigenvalue weighted by Crippen LogP contribution is 2.26. The zero-order valence-corrected chi connectivity index (χ0v) is 13.4. The Bertz CT molecular complexity index is 614. The Labute approximate surface area is 140 Å². The maximum Gasteiger partial charge on any atom is 0.269 e. The second-order valence-electron chi connectivity index (χ2n) is 5.60. The van der Waals surface area contributed by atoms with Gasteiger partial charge in [-0.3, -0.25) is 10.1 Å². The minimum Gasteiger partial charge on any atom is -0.396 e. The number of nitrogens with zero attached hydrogens (tertiary/aromatic N) is 3. The van der Waals surface area contributed by atoms with Gasteiger partial charge in [0.15, 0.2) is 0 Å². The highest BCUT2D eigenvalue weighted by atomic mass is 16.6. The van der Waals surface area contributed by atoms with E-state index in [0.29, 0.717) is 13.0 Å². The molecule has 0 spiro atoms. The molecule has 0 unspecified atom stereocenters. The maximum absolute atomic E-state index is 10.8. The summed E-state index contributed by atoms with van der Waals surface area (Å²) in [7, 11) is 0. The molecule has 1 N–H and O–H groups in total. The number of ether oxygens (including phenoxy) is 1. The van der Waals surface area contributed by atoms with Crippen molar-refractivity contribution in [2.24, 2.45) is 0 Å². The van der Waals surface area contributed by atoms with Gasteiger partial charge in [-0.25, -0.2) is 0 Å². The van der Waals surface area contributed by atoms with E-state index in [9.17, 15) is 10.1 Å². The molecule has 1 fully saturated rings. The third-order valence-corrected chi connectivity index (χ3v) is 4.01. The molecular weight excluding hydrogens is 310 g/mol. The fourth-order valence-electron chi connectivity index (χ4n) is 2.75. The Morgan fingerprint density at radius 3 is 2.62 bits per heavy atom. The highest BCUT2D eigenvalue weighted by molar-refractivity contribution is 5.67. The lowest BCUT2D eigenvalue weighted by Crippen LogP contribution is -2.36. The zero-order chi connectivity index (χ0) is 17.4. The maximum atomic E-state index is 10.8. The lowest BCUT2D eigenvalue weighted by Gasteiger charge is -2.35. The summed E-state index contributed by atoms with van der Waals surface area (Å²) in [4.78, 5) is 12.4. The van der Waals surface area contributed by atoms with Crippen molar-refractivity contribution in [3.63, 3.8) is 0 Å². The fourth-order valence-corrected chi connectivity index (χ4v) is 2.75. The number of benzene rings is 1. The van der Waals surface area contributed by atoms with Gasteiger partial charge in [0.25, 0.3) is 5.69 Å². The van der Waals surface area contributed by atoms with E-state index in [4.69, 9.17) is 15.1 Å². The number of nitro benzene ring substituents is 1. The second-order valence-corrected chi connectivity index (χ2v) is 5.60. The lowest BCUT2D eigenvalue weighted by molar-refractivity contribution is -0.384. The quantitative estimate of drug-likeness (QED) is 0.356. The predicted molar refractivity (Wildman–Crippen MR) is 88.9 cm³/mol. The number of allylic oxidation sites excluding steroid dienone is 1. The van der Waals surface area contributed by atoms with Crippen LogP contribution in [-0.2, 0) is 4.74 Å². The highest BCUT2D eigenvalue weighted by Gasteiger charge is 2.22. The van der Waals surface area contributed by atoms with Gasteiger partial charge in [-0.2, -0.15) is 5.26 Å². The van der Waals surface area contributed by atoms with Crippen LogP contribution in [0.5, 0.6) is 0 Å². The number of hydrogen-bond acceptors (Lipinski definition) is 6. The van der Waals surface area contributed by atoms with Crippen LogP contribution in [0.1, 0.15) is 24.8 Å². The summed E-state index contributed by atoms with van der Waals surface area (Å²) in [6, 6.07) is 8.30. The van der Waals surface area contributed by atoms with E-state index >= 15 is 0 Å².